The van der Waals surface area contributed by atoms with Crippen molar-refractivity contribution in [2.24, 2.45) is 0 Å². The number of aryl methyl sites for hydroxylation is 1. The van der Waals surface area contributed by atoms with E-state index in [0.717, 1.165) is 25.9 Å². The maximum atomic E-state index is 13.5. The maximum absolute atomic E-state index is 13.5. The largest absolute Gasteiger partial charge is 0.354 e. The van der Waals surface area contributed by atoms with Gasteiger partial charge in [-0.15, -0.1) is 0 Å². The Bertz CT molecular complexity index is 350. The zero-order valence-electron chi connectivity index (χ0n) is 7.93. The molecule has 1 aliphatic heterocycles. The number of aromatic nitrogens is 2. The molecule has 1 aromatic heterocycles. The predicted molar refractivity (Wildman–Crippen MR) is 53.2 cm³/mol. The fourth-order valence-electron chi connectivity index (χ4n) is 1.65. The summed E-state index contributed by atoms with van der Waals surface area (Å²) in [6, 6.07) is 0. The second-order valence-corrected chi connectivity index (χ2v) is 3.75. The highest BCUT2D eigenvalue weighted by atomic mass is 35.5. The van der Waals surface area contributed by atoms with Crippen LogP contribution in [0.25, 0.3) is 0 Å². The lowest BCUT2D eigenvalue weighted by Gasteiger charge is -2.17. The predicted octanol–water partition coefficient (Wildman–Crippen LogP) is 2.18. The fourth-order valence-corrected chi connectivity index (χ4v) is 1.86. The van der Waals surface area contributed by atoms with E-state index >= 15 is 0 Å². The van der Waals surface area contributed by atoms with Crippen molar-refractivity contribution < 1.29 is 4.39 Å². The van der Waals surface area contributed by atoms with Crippen molar-refractivity contribution in [2.45, 2.75) is 19.8 Å². The van der Waals surface area contributed by atoms with Crippen molar-refractivity contribution in [1.29, 1.82) is 0 Å². The van der Waals surface area contributed by atoms with Gasteiger partial charge in [0.15, 0.2) is 11.0 Å². The van der Waals surface area contributed by atoms with Gasteiger partial charge in [-0.05, 0) is 19.8 Å². The summed E-state index contributed by atoms with van der Waals surface area (Å²) in [4.78, 5) is 9.74. The van der Waals surface area contributed by atoms with Gasteiger partial charge in [0.2, 0.25) is 5.82 Å². The first-order valence-electron chi connectivity index (χ1n) is 4.63. The molecule has 5 heteroatoms. The van der Waals surface area contributed by atoms with Gasteiger partial charge in [-0.3, -0.25) is 0 Å². The number of rotatable bonds is 1. The average Bonchev–Trinajstić information content (AvgIpc) is 2.63. The molecule has 0 aromatic carbocycles. The van der Waals surface area contributed by atoms with Crippen LogP contribution in [0, 0.1) is 12.7 Å². The van der Waals surface area contributed by atoms with Crippen molar-refractivity contribution in [3.63, 3.8) is 0 Å². The molecule has 3 nitrogen and oxygen atoms in total. The van der Waals surface area contributed by atoms with Crippen LogP contribution in [0.4, 0.5) is 10.2 Å². The van der Waals surface area contributed by atoms with Gasteiger partial charge in [-0.2, -0.15) is 4.39 Å². The SMILES string of the molecule is Cc1nc(Cl)c(F)c(N2CCCC2)n1. The summed E-state index contributed by atoms with van der Waals surface area (Å²) < 4.78 is 13.5. The van der Waals surface area contributed by atoms with Crippen LogP contribution in [-0.2, 0) is 0 Å². The molecule has 0 bridgehead atoms. The second kappa shape index (κ2) is 3.69. The highest BCUT2D eigenvalue weighted by Gasteiger charge is 2.20. The minimum atomic E-state index is -0.501. The van der Waals surface area contributed by atoms with E-state index in [-0.39, 0.29) is 5.15 Å². The van der Waals surface area contributed by atoms with Crippen LogP contribution in [0.2, 0.25) is 5.15 Å². The minimum Gasteiger partial charge on any atom is -0.354 e. The summed E-state index contributed by atoms with van der Waals surface area (Å²) in [5, 5.41) is -0.0839. The molecule has 1 fully saturated rings. The lowest BCUT2D eigenvalue weighted by Crippen LogP contribution is -2.21. The summed E-state index contributed by atoms with van der Waals surface area (Å²) in [6.07, 6.45) is 2.17. The Kier molecular flexibility index (Phi) is 2.54. The molecule has 14 heavy (non-hydrogen) atoms. The van der Waals surface area contributed by atoms with Crippen molar-refractivity contribution in [2.75, 3.05) is 18.0 Å². The van der Waals surface area contributed by atoms with Crippen molar-refractivity contribution >= 4 is 17.4 Å². The quantitative estimate of drug-likeness (QED) is 0.673. The van der Waals surface area contributed by atoms with Gasteiger partial charge in [-0.1, -0.05) is 11.6 Å². The molecule has 76 valence electrons. The molecule has 0 amide bonds. The van der Waals surface area contributed by atoms with Crippen LogP contribution in [0.5, 0.6) is 0 Å². The Labute approximate surface area is 86.9 Å². The fraction of sp³-hybridized carbons (Fsp3) is 0.556. The molecule has 2 heterocycles. The smallest absolute Gasteiger partial charge is 0.202 e. The van der Waals surface area contributed by atoms with Gasteiger partial charge < -0.3 is 4.90 Å². The summed E-state index contributed by atoms with van der Waals surface area (Å²) >= 11 is 5.64. The molecule has 0 radical (unpaired) electrons. The Morgan fingerprint density at radius 2 is 1.93 bits per heavy atom. The van der Waals surface area contributed by atoms with Crippen LogP contribution in [0.15, 0.2) is 0 Å². The molecule has 1 aliphatic rings. The Morgan fingerprint density at radius 3 is 2.57 bits per heavy atom. The first kappa shape index (κ1) is 9.65. The molecule has 2 rings (SSSR count). The minimum absolute atomic E-state index is 0.0839. The molecular formula is C9H11ClFN3. The van der Waals surface area contributed by atoms with Gasteiger partial charge in [0.25, 0.3) is 0 Å². The summed E-state index contributed by atoms with van der Waals surface area (Å²) in [5.41, 5.74) is 0. The van der Waals surface area contributed by atoms with Crippen LogP contribution in [0.3, 0.4) is 0 Å². The molecule has 0 aliphatic carbocycles. The van der Waals surface area contributed by atoms with Crippen LogP contribution >= 0.6 is 11.6 Å². The molecule has 0 saturated carbocycles. The van der Waals surface area contributed by atoms with E-state index in [2.05, 4.69) is 9.97 Å². The van der Waals surface area contributed by atoms with E-state index in [1.54, 1.807) is 6.92 Å². The second-order valence-electron chi connectivity index (χ2n) is 3.39. The number of anilines is 1. The first-order valence-corrected chi connectivity index (χ1v) is 5.01. The third-order valence-corrected chi connectivity index (χ3v) is 2.56. The van der Waals surface area contributed by atoms with E-state index in [1.165, 1.54) is 0 Å². The zero-order valence-corrected chi connectivity index (χ0v) is 8.68. The lowest BCUT2D eigenvalue weighted by molar-refractivity contribution is 0.606. The maximum Gasteiger partial charge on any atom is 0.202 e. The summed E-state index contributed by atoms with van der Waals surface area (Å²) in [7, 11) is 0. The normalized spacial score (nSPS) is 16.4. The van der Waals surface area contributed by atoms with E-state index in [0.29, 0.717) is 11.6 Å². The molecule has 1 aromatic rings. The topological polar surface area (TPSA) is 29.0 Å². The number of hydrogen-bond acceptors (Lipinski definition) is 3. The van der Waals surface area contributed by atoms with E-state index in [1.807, 2.05) is 4.90 Å². The van der Waals surface area contributed by atoms with Gasteiger partial charge in [-0.25, -0.2) is 9.97 Å². The average molecular weight is 216 g/mol. The molecule has 1 saturated heterocycles. The number of hydrogen-bond donors (Lipinski definition) is 0. The van der Waals surface area contributed by atoms with Crippen molar-refractivity contribution in [3.05, 3.63) is 16.8 Å². The van der Waals surface area contributed by atoms with Crippen molar-refractivity contribution in [3.8, 4) is 0 Å². The van der Waals surface area contributed by atoms with Gasteiger partial charge in [0.05, 0.1) is 0 Å². The standard InChI is InChI=1S/C9H11ClFN3/c1-6-12-8(10)7(11)9(13-6)14-4-2-3-5-14/h2-5H2,1H3. The zero-order chi connectivity index (χ0) is 10.1. The van der Waals surface area contributed by atoms with Gasteiger partial charge >= 0.3 is 0 Å². The molecule has 0 spiro atoms. The van der Waals surface area contributed by atoms with Crippen LogP contribution in [-0.4, -0.2) is 23.1 Å². The number of nitrogens with zero attached hydrogens (tertiary/aromatic N) is 3. The van der Waals surface area contributed by atoms with E-state index in [4.69, 9.17) is 11.6 Å². The van der Waals surface area contributed by atoms with Crippen LogP contribution < -0.4 is 4.90 Å². The molecule has 0 atom stereocenters. The number of halogens is 2. The van der Waals surface area contributed by atoms with Crippen molar-refractivity contribution in [1.82, 2.24) is 9.97 Å². The molecule has 0 unspecified atom stereocenters. The van der Waals surface area contributed by atoms with E-state index in [9.17, 15) is 4.39 Å². The third kappa shape index (κ3) is 1.66. The highest BCUT2D eigenvalue weighted by Crippen LogP contribution is 2.25. The van der Waals surface area contributed by atoms with Gasteiger partial charge in [0, 0.05) is 13.1 Å². The highest BCUT2D eigenvalue weighted by molar-refractivity contribution is 6.29. The van der Waals surface area contributed by atoms with E-state index < -0.39 is 5.82 Å². The first-order chi connectivity index (χ1) is 6.68. The Morgan fingerprint density at radius 1 is 1.29 bits per heavy atom. The van der Waals surface area contributed by atoms with Gasteiger partial charge in [0.1, 0.15) is 5.82 Å². The molecule has 0 N–H and O–H groups in total. The van der Waals surface area contributed by atoms with Crippen LogP contribution in [0.1, 0.15) is 18.7 Å². The molecular weight excluding hydrogens is 205 g/mol. The Hall–Kier alpha value is -0.900. The monoisotopic (exact) mass is 215 g/mol. The third-order valence-electron chi connectivity index (χ3n) is 2.31. The lowest BCUT2D eigenvalue weighted by atomic mass is 10.4. The summed E-state index contributed by atoms with van der Waals surface area (Å²) in [5.74, 6) is 0.359. The Balaban J connectivity index is 2.40. The summed E-state index contributed by atoms with van der Waals surface area (Å²) in [6.45, 7) is 3.41.